The molecule has 0 fully saturated rings. The lowest BCUT2D eigenvalue weighted by molar-refractivity contribution is 0.0993. The second kappa shape index (κ2) is 6.58. The Kier molecular flexibility index (Phi) is 4.17. The van der Waals surface area contributed by atoms with Crippen LogP contribution < -0.4 is 10.5 Å². The SMILES string of the molecule is N#Cc1nc(C(N)=O)c(Oc2ccccc2)c(-c2ccccc2)n1. The molecule has 6 nitrogen and oxygen atoms in total. The van der Waals surface area contributed by atoms with Gasteiger partial charge in [0.2, 0.25) is 5.82 Å². The van der Waals surface area contributed by atoms with E-state index in [9.17, 15) is 4.79 Å². The molecule has 6 heteroatoms. The van der Waals surface area contributed by atoms with Gasteiger partial charge in [-0.1, -0.05) is 48.5 Å². The third-order valence-electron chi connectivity index (χ3n) is 3.21. The van der Waals surface area contributed by atoms with E-state index < -0.39 is 5.91 Å². The third kappa shape index (κ3) is 3.05. The molecule has 2 N–H and O–H groups in total. The zero-order valence-corrected chi connectivity index (χ0v) is 12.5. The van der Waals surface area contributed by atoms with Gasteiger partial charge in [0, 0.05) is 5.56 Å². The molecule has 1 aromatic heterocycles. The number of aromatic nitrogens is 2. The summed E-state index contributed by atoms with van der Waals surface area (Å²) in [6.07, 6.45) is 0. The van der Waals surface area contributed by atoms with Gasteiger partial charge < -0.3 is 10.5 Å². The Morgan fingerprint density at radius 3 is 2.21 bits per heavy atom. The average molecular weight is 316 g/mol. The van der Waals surface area contributed by atoms with E-state index in [-0.39, 0.29) is 17.3 Å². The van der Waals surface area contributed by atoms with Crippen LogP contribution in [-0.4, -0.2) is 15.9 Å². The monoisotopic (exact) mass is 316 g/mol. The van der Waals surface area contributed by atoms with Crippen LogP contribution in [-0.2, 0) is 0 Å². The summed E-state index contributed by atoms with van der Waals surface area (Å²) in [5.74, 6) is -0.315. The van der Waals surface area contributed by atoms with Crippen LogP contribution in [0.1, 0.15) is 16.3 Å². The van der Waals surface area contributed by atoms with Gasteiger partial charge in [-0.3, -0.25) is 4.79 Å². The molecule has 0 aliphatic carbocycles. The number of para-hydroxylation sites is 1. The number of nitriles is 1. The van der Waals surface area contributed by atoms with Crippen LogP contribution in [0.15, 0.2) is 60.7 Å². The first-order valence-corrected chi connectivity index (χ1v) is 7.09. The summed E-state index contributed by atoms with van der Waals surface area (Å²) in [5, 5.41) is 9.13. The summed E-state index contributed by atoms with van der Waals surface area (Å²) in [4.78, 5) is 19.9. The van der Waals surface area contributed by atoms with Gasteiger partial charge in [0.05, 0.1) is 0 Å². The quantitative estimate of drug-likeness (QED) is 0.797. The maximum absolute atomic E-state index is 11.8. The first-order chi connectivity index (χ1) is 11.7. The molecule has 0 aliphatic rings. The van der Waals surface area contributed by atoms with Crippen molar-refractivity contribution in [3.8, 4) is 28.8 Å². The highest BCUT2D eigenvalue weighted by Crippen LogP contribution is 2.34. The van der Waals surface area contributed by atoms with Gasteiger partial charge in [0.1, 0.15) is 17.5 Å². The van der Waals surface area contributed by atoms with Crippen LogP contribution in [0.4, 0.5) is 0 Å². The minimum absolute atomic E-state index is 0.124. The number of nitrogens with zero attached hydrogens (tertiary/aromatic N) is 3. The molecular formula is C18H12N4O2. The summed E-state index contributed by atoms with van der Waals surface area (Å²) in [7, 11) is 0. The van der Waals surface area contributed by atoms with Crippen molar-refractivity contribution in [3.05, 3.63) is 72.2 Å². The van der Waals surface area contributed by atoms with Gasteiger partial charge >= 0.3 is 0 Å². The lowest BCUT2D eigenvalue weighted by atomic mass is 10.1. The van der Waals surface area contributed by atoms with Crippen molar-refractivity contribution in [3.63, 3.8) is 0 Å². The standard InChI is InChI=1S/C18H12N4O2/c19-11-14-21-15(12-7-3-1-4-8-12)17(16(22-14)18(20)23)24-13-9-5-2-6-10-13/h1-10H,(H2,20,23). The summed E-state index contributed by atoms with van der Waals surface area (Å²) >= 11 is 0. The fourth-order valence-corrected chi connectivity index (χ4v) is 2.16. The van der Waals surface area contributed by atoms with Gasteiger partial charge in [-0.25, -0.2) is 9.97 Å². The Balaban J connectivity index is 2.23. The Bertz CT molecular complexity index is 919. The van der Waals surface area contributed by atoms with Crippen molar-refractivity contribution in [1.29, 1.82) is 5.26 Å². The molecule has 3 aromatic rings. The molecule has 0 aliphatic heterocycles. The normalized spacial score (nSPS) is 9.96. The summed E-state index contributed by atoms with van der Waals surface area (Å²) < 4.78 is 5.82. The van der Waals surface area contributed by atoms with Gasteiger partial charge in [0.25, 0.3) is 5.91 Å². The Morgan fingerprint density at radius 2 is 1.62 bits per heavy atom. The number of hydrogen-bond donors (Lipinski definition) is 1. The predicted molar refractivity (Wildman–Crippen MR) is 87.2 cm³/mol. The predicted octanol–water partition coefficient (Wildman–Crippen LogP) is 2.91. The molecule has 0 radical (unpaired) electrons. The largest absolute Gasteiger partial charge is 0.453 e. The first-order valence-electron chi connectivity index (χ1n) is 7.09. The van der Waals surface area contributed by atoms with Crippen LogP contribution >= 0.6 is 0 Å². The fourth-order valence-electron chi connectivity index (χ4n) is 2.16. The van der Waals surface area contributed by atoms with Crippen LogP contribution in [0.25, 0.3) is 11.3 Å². The lowest BCUT2D eigenvalue weighted by Gasteiger charge is -2.13. The second-order valence-corrected chi connectivity index (χ2v) is 4.83. The second-order valence-electron chi connectivity index (χ2n) is 4.83. The van der Waals surface area contributed by atoms with E-state index in [0.717, 1.165) is 0 Å². The number of ether oxygens (including phenoxy) is 1. The van der Waals surface area contributed by atoms with Crippen molar-refractivity contribution >= 4 is 5.91 Å². The topological polar surface area (TPSA) is 102 Å². The molecule has 2 aromatic carbocycles. The number of carbonyl (C=O) groups is 1. The summed E-state index contributed by atoms with van der Waals surface area (Å²) in [5.41, 5.74) is 6.30. The molecule has 3 rings (SSSR count). The number of rotatable bonds is 4. The fraction of sp³-hybridized carbons (Fsp3) is 0. The smallest absolute Gasteiger partial charge is 0.271 e. The Hall–Kier alpha value is -3.72. The van der Waals surface area contributed by atoms with Crippen LogP contribution in [0.2, 0.25) is 0 Å². The van der Waals surface area contributed by atoms with Gasteiger partial charge in [-0.2, -0.15) is 5.26 Å². The third-order valence-corrected chi connectivity index (χ3v) is 3.21. The van der Waals surface area contributed by atoms with Crippen LogP contribution in [0.3, 0.4) is 0 Å². The van der Waals surface area contributed by atoms with Gasteiger partial charge in [-0.05, 0) is 12.1 Å². The molecule has 0 bridgehead atoms. The van der Waals surface area contributed by atoms with Gasteiger partial charge in [0.15, 0.2) is 11.4 Å². The number of amides is 1. The summed E-state index contributed by atoms with van der Waals surface area (Å²) in [6, 6.07) is 19.8. The summed E-state index contributed by atoms with van der Waals surface area (Å²) in [6.45, 7) is 0. The van der Waals surface area contributed by atoms with E-state index in [1.54, 1.807) is 36.4 Å². The Labute approximate surface area is 138 Å². The molecule has 0 saturated heterocycles. The molecular weight excluding hydrogens is 304 g/mol. The highest BCUT2D eigenvalue weighted by atomic mass is 16.5. The minimum Gasteiger partial charge on any atom is -0.453 e. The van der Waals surface area contributed by atoms with Crippen molar-refractivity contribution in [2.24, 2.45) is 5.73 Å². The average Bonchev–Trinajstić information content (AvgIpc) is 2.63. The highest BCUT2D eigenvalue weighted by molar-refractivity contribution is 5.96. The zero-order valence-electron chi connectivity index (χ0n) is 12.5. The minimum atomic E-state index is -0.794. The molecule has 0 saturated carbocycles. The van der Waals surface area contributed by atoms with Crippen molar-refractivity contribution in [2.45, 2.75) is 0 Å². The van der Waals surface area contributed by atoms with Gasteiger partial charge in [-0.15, -0.1) is 0 Å². The van der Waals surface area contributed by atoms with Crippen LogP contribution in [0.5, 0.6) is 11.5 Å². The van der Waals surface area contributed by atoms with Crippen LogP contribution in [0, 0.1) is 11.3 Å². The molecule has 0 atom stereocenters. The molecule has 116 valence electrons. The number of primary amides is 1. The van der Waals surface area contributed by atoms with E-state index in [1.165, 1.54) is 0 Å². The Morgan fingerprint density at radius 1 is 1.00 bits per heavy atom. The first kappa shape index (κ1) is 15.2. The van der Waals surface area contributed by atoms with E-state index in [4.69, 9.17) is 15.7 Å². The highest BCUT2D eigenvalue weighted by Gasteiger charge is 2.21. The molecule has 24 heavy (non-hydrogen) atoms. The number of carbonyl (C=O) groups excluding carboxylic acids is 1. The molecule has 1 amide bonds. The lowest BCUT2D eigenvalue weighted by Crippen LogP contribution is -2.16. The van der Waals surface area contributed by atoms with Crippen molar-refractivity contribution in [1.82, 2.24) is 9.97 Å². The maximum Gasteiger partial charge on any atom is 0.271 e. The molecule has 0 unspecified atom stereocenters. The maximum atomic E-state index is 11.8. The van der Waals surface area contributed by atoms with Crippen molar-refractivity contribution < 1.29 is 9.53 Å². The molecule has 1 heterocycles. The van der Waals surface area contributed by atoms with E-state index >= 15 is 0 Å². The number of hydrogen-bond acceptors (Lipinski definition) is 5. The van der Waals surface area contributed by atoms with E-state index in [0.29, 0.717) is 17.0 Å². The number of benzene rings is 2. The molecule has 0 spiro atoms. The van der Waals surface area contributed by atoms with Crippen molar-refractivity contribution in [2.75, 3.05) is 0 Å². The number of nitrogens with two attached hydrogens (primary N) is 1. The zero-order chi connectivity index (χ0) is 16.9. The van der Waals surface area contributed by atoms with E-state index in [1.807, 2.05) is 30.3 Å². The van der Waals surface area contributed by atoms with E-state index in [2.05, 4.69) is 9.97 Å².